The molecule has 0 aliphatic heterocycles. The van der Waals surface area contributed by atoms with Crippen LogP contribution in [0.25, 0.3) is 16.3 Å². The molecule has 0 saturated heterocycles. The third kappa shape index (κ3) is 3.21. The fourth-order valence-corrected chi connectivity index (χ4v) is 3.47. The molecular formula is C21H25N3O2. The van der Waals surface area contributed by atoms with Crippen molar-refractivity contribution >= 4 is 22.4 Å². The van der Waals surface area contributed by atoms with E-state index in [9.17, 15) is 9.59 Å². The molecule has 0 spiro atoms. The lowest BCUT2D eigenvalue weighted by atomic mass is 10.00. The van der Waals surface area contributed by atoms with E-state index in [4.69, 9.17) is 0 Å². The minimum Gasteiger partial charge on any atom is -0.318 e. The second-order valence-corrected chi connectivity index (χ2v) is 7.13. The third-order valence-electron chi connectivity index (χ3n) is 4.59. The fraction of sp³-hybridized carbons (Fsp3) is 0.381. The van der Waals surface area contributed by atoms with Gasteiger partial charge in [0.25, 0.3) is 5.56 Å². The number of hydrogen-bond acceptors (Lipinski definition) is 3. The molecule has 136 valence electrons. The first-order valence-corrected chi connectivity index (χ1v) is 9.13. The van der Waals surface area contributed by atoms with Gasteiger partial charge in [0, 0.05) is 17.5 Å². The Kier molecular flexibility index (Phi) is 5.07. The summed E-state index contributed by atoms with van der Waals surface area (Å²) in [5.74, 6) is 0. The highest BCUT2D eigenvalue weighted by Gasteiger charge is 2.25. The van der Waals surface area contributed by atoms with Crippen molar-refractivity contribution < 1.29 is 4.79 Å². The topological polar surface area (TPSA) is 55.2 Å². The summed E-state index contributed by atoms with van der Waals surface area (Å²) < 4.78 is 1.03. The Morgan fingerprint density at radius 2 is 1.73 bits per heavy atom. The van der Waals surface area contributed by atoms with Gasteiger partial charge in [-0.1, -0.05) is 36.4 Å². The van der Waals surface area contributed by atoms with Crippen molar-refractivity contribution in [3.05, 3.63) is 58.5 Å². The number of allylic oxidation sites excluding steroid dienone is 4. The van der Waals surface area contributed by atoms with Gasteiger partial charge in [-0.05, 0) is 52.2 Å². The van der Waals surface area contributed by atoms with Gasteiger partial charge in [0.1, 0.15) is 0 Å². The lowest BCUT2D eigenvalue weighted by molar-refractivity contribution is 0.162. The van der Waals surface area contributed by atoms with Gasteiger partial charge in [0.15, 0.2) is 0 Å². The van der Waals surface area contributed by atoms with E-state index >= 15 is 0 Å². The summed E-state index contributed by atoms with van der Waals surface area (Å²) >= 11 is 0. The number of amides is 1. The largest absolute Gasteiger partial charge is 0.348 e. The lowest BCUT2D eigenvalue weighted by Crippen LogP contribution is -2.48. The molecule has 1 aliphatic carbocycles. The first-order chi connectivity index (χ1) is 12.4. The molecule has 5 nitrogen and oxygen atoms in total. The Morgan fingerprint density at radius 3 is 2.31 bits per heavy atom. The van der Waals surface area contributed by atoms with Gasteiger partial charge in [-0.25, -0.2) is 4.79 Å². The standard InChI is InChI=1S/C21H25N3O2/c1-14(2)23(15(3)4)21(26)24-20(25)18-13-9-8-12-17(18)19(22-24)16-10-6-5-7-11-16/h6,8-15H,5,7H2,1-4H3. The van der Waals surface area contributed by atoms with E-state index < -0.39 is 0 Å². The maximum Gasteiger partial charge on any atom is 0.348 e. The second kappa shape index (κ2) is 7.28. The molecule has 1 amide bonds. The zero-order valence-electron chi connectivity index (χ0n) is 15.8. The molecule has 0 radical (unpaired) electrons. The van der Waals surface area contributed by atoms with Crippen molar-refractivity contribution in [2.45, 2.75) is 52.6 Å². The van der Waals surface area contributed by atoms with Crippen LogP contribution in [0.3, 0.4) is 0 Å². The Balaban J connectivity index is 2.25. The molecule has 2 aromatic rings. The molecule has 1 heterocycles. The molecule has 0 saturated carbocycles. The summed E-state index contributed by atoms with van der Waals surface area (Å²) in [6.45, 7) is 7.77. The summed E-state index contributed by atoms with van der Waals surface area (Å²) in [6, 6.07) is 6.91. The third-order valence-corrected chi connectivity index (χ3v) is 4.59. The highest BCUT2D eigenvalue weighted by molar-refractivity contribution is 5.95. The van der Waals surface area contributed by atoms with Crippen molar-refractivity contribution in [1.29, 1.82) is 0 Å². The second-order valence-electron chi connectivity index (χ2n) is 7.13. The Bertz CT molecular complexity index is 943. The van der Waals surface area contributed by atoms with Crippen molar-refractivity contribution in [2.75, 3.05) is 0 Å². The first kappa shape index (κ1) is 18.1. The van der Waals surface area contributed by atoms with Gasteiger partial charge in [-0.2, -0.15) is 5.10 Å². The number of rotatable bonds is 3. The van der Waals surface area contributed by atoms with E-state index in [1.54, 1.807) is 11.0 Å². The lowest BCUT2D eigenvalue weighted by Gasteiger charge is -2.30. The molecule has 1 aliphatic rings. The van der Waals surface area contributed by atoms with Crippen LogP contribution < -0.4 is 5.56 Å². The molecule has 26 heavy (non-hydrogen) atoms. The maximum absolute atomic E-state index is 13.1. The number of carbonyl (C=O) groups is 1. The molecule has 3 rings (SSSR count). The number of benzene rings is 1. The predicted octanol–water partition coefficient (Wildman–Crippen LogP) is 4.22. The minimum atomic E-state index is -0.382. The van der Waals surface area contributed by atoms with E-state index in [1.165, 1.54) is 0 Å². The molecular weight excluding hydrogens is 326 g/mol. The number of aromatic nitrogens is 2. The van der Waals surface area contributed by atoms with Crippen LogP contribution in [0.2, 0.25) is 0 Å². The Hall–Kier alpha value is -2.69. The number of fused-ring (bicyclic) bond motifs is 1. The summed E-state index contributed by atoms with van der Waals surface area (Å²) in [4.78, 5) is 27.8. The zero-order chi connectivity index (χ0) is 18.8. The molecule has 5 heteroatoms. The maximum atomic E-state index is 13.1. The first-order valence-electron chi connectivity index (χ1n) is 9.13. The normalized spacial score (nSPS) is 14.2. The summed E-state index contributed by atoms with van der Waals surface area (Å²) in [5.41, 5.74) is 1.26. The van der Waals surface area contributed by atoms with Gasteiger partial charge in [-0.3, -0.25) is 4.79 Å². The zero-order valence-corrected chi connectivity index (χ0v) is 15.8. The molecule has 0 fully saturated rings. The van der Waals surface area contributed by atoms with Crippen LogP contribution in [0.5, 0.6) is 0 Å². The van der Waals surface area contributed by atoms with Gasteiger partial charge in [0.05, 0.1) is 11.1 Å². The Morgan fingerprint density at radius 1 is 1.08 bits per heavy atom. The highest BCUT2D eigenvalue weighted by atomic mass is 16.2. The van der Waals surface area contributed by atoms with E-state index in [0.717, 1.165) is 28.5 Å². The number of nitrogens with zero attached hydrogens (tertiary/aromatic N) is 3. The van der Waals surface area contributed by atoms with E-state index in [1.807, 2.05) is 52.0 Å². The summed E-state index contributed by atoms with van der Waals surface area (Å²) in [7, 11) is 0. The quantitative estimate of drug-likeness (QED) is 0.832. The van der Waals surface area contributed by atoms with E-state index in [2.05, 4.69) is 17.3 Å². The number of carbonyl (C=O) groups excluding carboxylic acids is 1. The van der Waals surface area contributed by atoms with Crippen molar-refractivity contribution in [3.8, 4) is 0 Å². The predicted molar refractivity (Wildman–Crippen MR) is 105 cm³/mol. The molecule has 1 aromatic heterocycles. The van der Waals surface area contributed by atoms with Gasteiger partial charge >= 0.3 is 6.03 Å². The smallest absolute Gasteiger partial charge is 0.318 e. The molecule has 0 N–H and O–H groups in total. The number of hydrogen-bond donors (Lipinski definition) is 0. The Labute approximate surface area is 153 Å². The minimum absolute atomic E-state index is 0.0279. The highest BCUT2D eigenvalue weighted by Crippen LogP contribution is 2.25. The molecule has 0 bridgehead atoms. The fourth-order valence-electron chi connectivity index (χ4n) is 3.47. The van der Waals surface area contributed by atoms with Crippen LogP contribution in [0, 0.1) is 0 Å². The van der Waals surface area contributed by atoms with Crippen LogP contribution >= 0.6 is 0 Å². The molecule has 1 aromatic carbocycles. The van der Waals surface area contributed by atoms with Crippen LogP contribution in [0.15, 0.2) is 47.3 Å². The average molecular weight is 351 g/mol. The van der Waals surface area contributed by atoms with Gasteiger partial charge < -0.3 is 4.90 Å². The van der Waals surface area contributed by atoms with E-state index in [0.29, 0.717) is 11.1 Å². The van der Waals surface area contributed by atoms with Gasteiger partial charge in [-0.15, -0.1) is 4.68 Å². The van der Waals surface area contributed by atoms with Crippen LogP contribution in [-0.4, -0.2) is 32.8 Å². The molecule has 0 atom stereocenters. The van der Waals surface area contributed by atoms with Crippen molar-refractivity contribution in [3.63, 3.8) is 0 Å². The van der Waals surface area contributed by atoms with Crippen LogP contribution in [0.4, 0.5) is 4.79 Å². The van der Waals surface area contributed by atoms with Crippen LogP contribution in [-0.2, 0) is 0 Å². The van der Waals surface area contributed by atoms with Crippen LogP contribution in [0.1, 0.15) is 46.2 Å². The summed E-state index contributed by atoms with van der Waals surface area (Å²) in [6.07, 6.45) is 8.14. The average Bonchev–Trinajstić information content (AvgIpc) is 2.62. The molecule has 0 unspecified atom stereocenters. The SMILES string of the molecule is CC(C)N(C(=O)n1nc(C2=CCCC=C2)c2ccccc2c1=O)C(C)C. The van der Waals surface area contributed by atoms with Crippen molar-refractivity contribution in [1.82, 2.24) is 14.7 Å². The summed E-state index contributed by atoms with van der Waals surface area (Å²) in [5, 5.41) is 5.79. The van der Waals surface area contributed by atoms with Gasteiger partial charge in [0.2, 0.25) is 0 Å². The van der Waals surface area contributed by atoms with Crippen molar-refractivity contribution in [2.24, 2.45) is 0 Å². The monoisotopic (exact) mass is 351 g/mol. The van der Waals surface area contributed by atoms with E-state index in [-0.39, 0.29) is 23.7 Å².